The van der Waals surface area contributed by atoms with Gasteiger partial charge in [-0.1, -0.05) is 6.07 Å². The fourth-order valence-corrected chi connectivity index (χ4v) is 2.10. The summed E-state index contributed by atoms with van der Waals surface area (Å²) >= 11 is 0. The van der Waals surface area contributed by atoms with Gasteiger partial charge in [0, 0.05) is 0 Å². The molecule has 4 nitrogen and oxygen atoms in total. The second kappa shape index (κ2) is 7.31. The monoisotopic (exact) mass is 284 g/mol. The van der Waals surface area contributed by atoms with E-state index in [1.165, 1.54) is 6.07 Å². The Kier molecular flexibility index (Phi) is 5.43. The van der Waals surface area contributed by atoms with Crippen LogP contribution in [0, 0.1) is 11.6 Å². The zero-order valence-corrected chi connectivity index (χ0v) is 11.1. The second-order valence-corrected chi connectivity index (χ2v) is 4.71. The van der Waals surface area contributed by atoms with E-state index in [0.29, 0.717) is 0 Å². The summed E-state index contributed by atoms with van der Waals surface area (Å²) in [6, 6.07) is 3.45. The SMILES string of the molecule is O=C(CCOC1CCNCC1)Nc1c(F)cccc1F. The number of hydrogen-bond donors (Lipinski definition) is 2. The first-order chi connectivity index (χ1) is 9.66. The van der Waals surface area contributed by atoms with Gasteiger partial charge in [-0.05, 0) is 38.1 Å². The van der Waals surface area contributed by atoms with E-state index in [1.807, 2.05) is 0 Å². The molecule has 110 valence electrons. The van der Waals surface area contributed by atoms with Crippen molar-refractivity contribution >= 4 is 11.6 Å². The Morgan fingerprint density at radius 1 is 1.30 bits per heavy atom. The molecule has 2 N–H and O–H groups in total. The highest BCUT2D eigenvalue weighted by molar-refractivity contribution is 5.91. The van der Waals surface area contributed by atoms with E-state index in [4.69, 9.17) is 4.74 Å². The van der Waals surface area contributed by atoms with E-state index in [2.05, 4.69) is 10.6 Å². The van der Waals surface area contributed by atoms with Crippen molar-refractivity contribution in [2.24, 2.45) is 0 Å². The Bertz CT molecular complexity index is 442. The van der Waals surface area contributed by atoms with E-state index in [-0.39, 0.29) is 19.1 Å². The molecule has 20 heavy (non-hydrogen) atoms. The number of halogens is 2. The number of para-hydroxylation sites is 1. The first-order valence-electron chi connectivity index (χ1n) is 6.73. The van der Waals surface area contributed by atoms with Gasteiger partial charge in [0.1, 0.15) is 17.3 Å². The Morgan fingerprint density at radius 2 is 1.95 bits per heavy atom. The molecule has 0 atom stereocenters. The van der Waals surface area contributed by atoms with Crippen LogP contribution in [0.15, 0.2) is 18.2 Å². The minimum atomic E-state index is -0.780. The molecule has 0 aromatic heterocycles. The molecule has 0 bridgehead atoms. The molecular weight excluding hydrogens is 266 g/mol. The molecule has 1 aromatic carbocycles. The molecule has 0 saturated carbocycles. The number of amides is 1. The largest absolute Gasteiger partial charge is 0.378 e. The summed E-state index contributed by atoms with van der Waals surface area (Å²) in [5.41, 5.74) is -0.403. The molecule has 0 aliphatic carbocycles. The minimum Gasteiger partial charge on any atom is -0.378 e. The van der Waals surface area contributed by atoms with Crippen LogP contribution in [0.3, 0.4) is 0 Å². The highest BCUT2D eigenvalue weighted by Gasteiger charge is 2.15. The minimum absolute atomic E-state index is 0.0811. The molecule has 1 heterocycles. The van der Waals surface area contributed by atoms with Crippen molar-refractivity contribution in [1.82, 2.24) is 5.32 Å². The number of carbonyl (C=O) groups excluding carboxylic acids is 1. The van der Waals surface area contributed by atoms with Crippen molar-refractivity contribution in [3.63, 3.8) is 0 Å². The number of hydrogen-bond acceptors (Lipinski definition) is 3. The van der Waals surface area contributed by atoms with Crippen molar-refractivity contribution in [3.05, 3.63) is 29.8 Å². The Balaban J connectivity index is 1.75. The van der Waals surface area contributed by atoms with Crippen molar-refractivity contribution in [1.29, 1.82) is 0 Å². The molecule has 1 fully saturated rings. The summed E-state index contributed by atoms with van der Waals surface area (Å²) in [4.78, 5) is 11.6. The van der Waals surface area contributed by atoms with Crippen LogP contribution in [-0.4, -0.2) is 31.7 Å². The molecule has 1 amide bonds. The predicted molar refractivity (Wildman–Crippen MR) is 71.4 cm³/mol. The Hall–Kier alpha value is -1.53. The third kappa shape index (κ3) is 4.25. The van der Waals surface area contributed by atoms with Gasteiger partial charge in [-0.15, -0.1) is 0 Å². The van der Waals surface area contributed by atoms with Crippen LogP contribution in [0.25, 0.3) is 0 Å². The van der Waals surface area contributed by atoms with E-state index >= 15 is 0 Å². The standard InChI is InChI=1S/C14H18F2N2O2/c15-11-2-1-3-12(16)14(11)18-13(19)6-9-20-10-4-7-17-8-5-10/h1-3,10,17H,4-9H2,(H,18,19). The normalized spacial score (nSPS) is 16.1. The van der Waals surface area contributed by atoms with Gasteiger partial charge in [0.25, 0.3) is 0 Å². The lowest BCUT2D eigenvalue weighted by atomic mass is 10.1. The van der Waals surface area contributed by atoms with Crippen LogP contribution in [-0.2, 0) is 9.53 Å². The molecule has 1 aromatic rings. The van der Waals surface area contributed by atoms with Crippen LogP contribution in [0.2, 0.25) is 0 Å². The highest BCUT2D eigenvalue weighted by atomic mass is 19.1. The first kappa shape index (κ1) is 14.9. The first-order valence-corrected chi connectivity index (χ1v) is 6.73. The lowest BCUT2D eigenvalue weighted by Crippen LogP contribution is -2.33. The summed E-state index contributed by atoms with van der Waals surface area (Å²) in [6.07, 6.45) is 2.08. The predicted octanol–water partition coefficient (Wildman–Crippen LogP) is 2.06. The maximum absolute atomic E-state index is 13.3. The number of piperidine rings is 1. The molecule has 0 unspecified atom stereocenters. The van der Waals surface area contributed by atoms with E-state index in [0.717, 1.165) is 38.1 Å². The van der Waals surface area contributed by atoms with Crippen LogP contribution in [0.1, 0.15) is 19.3 Å². The summed E-state index contributed by atoms with van der Waals surface area (Å²) in [7, 11) is 0. The number of rotatable bonds is 5. The van der Waals surface area contributed by atoms with Gasteiger partial charge >= 0.3 is 0 Å². The van der Waals surface area contributed by atoms with Gasteiger partial charge in [-0.2, -0.15) is 0 Å². The Morgan fingerprint density at radius 3 is 2.60 bits per heavy atom. The van der Waals surface area contributed by atoms with Crippen molar-refractivity contribution in [3.8, 4) is 0 Å². The molecular formula is C14H18F2N2O2. The van der Waals surface area contributed by atoms with Gasteiger partial charge in [-0.3, -0.25) is 4.79 Å². The quantitative estimate of drug-likeness (QED) is 0.870. The van der Waals surface area contributed by atoms with E-state index in [9.17, 15) is 13.6 Å². The van der Waals surface area contributed by atoms with Gasteiger partial charge in [0.05, 0.1) is 19.1 Å². The number of nitrogens with one attached hydrogen (secondary N) is 2. The zero-order chi connectivity index (χ0) is 14.4. The number of carbonyl (C=O) groups is 1. The smallest absolute Gasteiger partial charge is 0.226 e. The van der Waals surface area contributed by atoms with Crippen molar-refractivity contribution < 1.29 is 18.3 Å². The number of benzene rings is 1. The average Bonchev–Trinajstić information content (AvgIpc) is 2.44. The summed E-state index contributed by atoms with van der Waals surface area (Å²) in [6.45, 7) is 2.08. The summed E-state index contributed by atoms with van der Waals surface area (Å²) < 4.78 is 32.2. The fraction of sp³-hybridized carbons (Fsp3) is 0.500. The third-order valence-electron chi connectivity index (χ3n) is 3.20. The third-order valence-corrected chi connectivity index (χ3v) is 3.20. The molecule has 2 rings (SSSR count). The summed E-state index contributed by atoms with van der Waals surface area (Å²) in [5, 5.41) is 5.45. The molecule has 6 heteroatoms. The van der Waals surface area contributed by atoms with Crippen LogP contribution >= 0.6 is 0 Å². The number of anilines is 1. The van der Waals surface area contributed by atoms with Crippen molar-refractivity contribution in [2.45, 2.75) is 25.4 Å². The second-order valence-electron chi connectivity index (χ2n) is 4.71. The van der Waals surface area contributed by atoms with Crippen LogP contribution in [0.5, 0.6) is 0 Å². The van der Waals surface area contributed by atoms with Gasteiger partial charge in [-0.25, -0.2) is 8.78 Å². The topological polar surface area (TPSA) is 50.4 Å². The maximum atomic E-state index is 13.3. The molecule has 1 saturated heterocycles. The average molecular weight is 284 g/mol. The van der Waals surface area contributed by atoms with Gasteiger partial charge < -0.3 is 15.4 Å². The van der Waals surface area contributed by atoms with Gasteiger partial charge in [0.2, 0.25) is 5.91 Å². The molecule has 1 aliphatic rings. The lowest BCUT2D eigenvalue weighted by Gasteiger charge is -2.22. The van der Waals surface area contributed by atoms with Gasteiger partial charge in [0.15, 0.2) is 0 Å². The molecule has 1 aliphatic heterocycles. The lowest BCUT2D eigenvalue weighted by molar-refractivity contribution is -0.117. The van der Waals surface area contributed by atoms with Crippen LogP contribution < -0.4 is 10.6 Å². The molecule has 0 radical (unpaired) electrons. The number of ether oxygens (including phenoxy) is 1. The van der Waals surface area contributed by atoms with E-state index in [1.54, 1.807) is 0 Å². The highest BCUT2D eigenvalue weighted by Crippen LogP contribution is 2.18. The zero-order valence-electron chi connectivity index (χ0n) is 11.1. The van der Waals surface area contributed by atoms with Crippen LogP contribution in [0.4, 0.5) is 14.5 Å². The Labute approximate surface area is 116 Å². The van der Waals surface area contributed by atoms with E-state index < -0.39 is 23.2 Å². The molecule has 0 spiro atoms. The van der Waals surface area contributed by atoms with Crippen molar-refractivity contribution in [2.75, 3.05) is 25.0 Å². The summed E-state index contributed by atoms with van der Waals surface area (Å²) in [5.74, 6) is -2.02. The fourth-order valence-electron chi connectivity index (χ4n) is 2.10. The maximum Gasteiger partial charge on any atom is 0.226 e.